The van der Waals surface area contributed by atoms with Crippen LogP contribution in [-0.2, 0) is 28.9 Å². The fraction of sp³-hybridized carbons (Fsp3) is 0.526. The standard InChI is InChI=1S/C19H24N4O2S/c1-14-5-11-26-17(14)2-3-18(24)23-6-4-15-12-20-19(21-16(15)13-23)22-7-9-25-10-8-22/h5,11-12H,2-4,6-10,13H2,1H3. The number of carbonyl (C=O) groups is 1. The quantitative estimate of drug-likeness (QED) is 0.824. The molecule has 1 fully saturated rings. The van der Waals surface area contributed by atoms with E-state index in [1.54, 1.807) is 11.3 Å². The Labute approximate surface area is 157 Å². The van der Waals surface area contributed by atoms with Gasteiger partial charge in [-0.2, -0.15) is 0 Å². The molecule has 0 unspecified atom stereocenters. The molecular weight excluding hydrogens is 348 g/mol. The highest BCUT2D eigenvalue weighted by Gasteiger charge is 2.24. The van der Waals surface area contributed by atoms with Crippen molar-refractivity contribution < 1.29 is 9.53 Å². The molecule has 138 valence electrons. The number of morpholine rings is 1. The van der Waals surface area contributed by atoms with Crippen molar-refractivity contribution in [2.45, 2.75) is 32.7 Å². The highest BCUT2D eigenvalue weighted by molar-refractivity contribution is 7.10. The zero-order valence-electron chi connectivity index (χ0n) is 15.1. The predicted octanol–water partition coefficient (Wildman–Crippen LogP) is 2.20. The summed E-state index contributed by atoms with van der Waals surface area (Å²) in [4.78, 5) is 27.4. The zero-order valence-corrected chi connectivity index (χ0v) is 15.9. The van der Waals surface area contributed by atoms with E-state index >= 15 is 0 Å². The van der Waals surface area contributed by atoms with E-state index < -0.39 is 0 Å². The van der Waals surface area contributed by atoms with Crippen molar-refractivity contribution in [3.63, 3.8) is 0 Å². The van der Waals surface area contributed by atoms with E-state index in [-0.39, 0.29) is 5.91 Å². The summed E-state index contributed by atoms with van der Waals surface area (Å²) in [5.74, 6) is 0.977. The molecule has 0 spiro atoms. The number of hydrogen-bond donors (Lipinski definition) is 0. The van der Waals surface area contributed by atoms with Crippen LogP contribution in [0.4, 0.5) is 5.95 Å². The van der Waals surface area contributed by atoms with Gasteiger partial charge in [-0.1, -0.05) is 0 Å². The second-order valence-corrected chi connectivity index (χ2v) is 7.83. The van der Waals surface area contributed by atoms with Gasteiger partial charge in [-0.3, -0.25) is 4.79 Å². The molecule has 4 rings (SSSR count). The van der Waals surface area contributed by atoms with Gasteiger partial charge >= 0.3 is 0 Å². The summed E-state index contributed by atoms with van der Waals surface area (Å²) in [5, 5.41) is 2.09. The number of aryl methyl sites for hydroxylation is 2. The van der Waals surface area contributed by atoms with E-state index in [0.29, 0.717) is 26.2 Å². The summed E-state index contributed by atoms with van der Waals surface area (Å²) in [6, 6.07) is 2.12. The number of amides is 1. The molecule has 26 heavy (non-hydrogen) atoms. The predicted molar refractivity (Wildman–Crippen MR) is 102 cm³/mol. The van der Waals surface area contributed by atoms with Crippen molar-refractivity contribution in [2.24, 2.45) is 0 Å². The number of thiophene rings is 1. The number of fused-ring (bicyclic) bond motifs is 1. The Morgan fingerprint density at radius 2 is 2.15 bits per heavy atom. The molecule has 1 saturated heterocycles. The van der Waals surface area contributed by atoms with Crippen LogP contribution in [0.5, 0.6) is 0 Å². The fourth-order valence-electron chi connectivity index (χ4n) is 3.46. The Hall–Kier alpha value is -1.99. The molecule has 0 aromatic carbocycles. The number of carbonyl (C=O) groups excluding carboxylic acids is 1. The molecule has 0 radical (unpaired) electrons. The molecule has 0 bridgehead atoms. The second kappa shape index (κ2) is 7.72. The lowest BCUT2D eigenvalue weighted by atomic mass is 10.1. The Kier molecular flexibility index (Phi) is 5.17. The van der Waals surface area contributed by atoms with Gasteiger partial charge < -0.3 is 14.5 Å². The maximum Gasteiger partial charge on any atom is 0.225 e. The van der Waals surface area contributed by atoms with Gasteiger partial charge in [0.2, 0.25) is 11.9 Å². The van der Waals surface area contributed by atoms with Crippen molar-refractivity contribution in [2.75, 3.05) is 37.7 Å². The topological polar surface area (TPSA) is 58.6 Å². The van der Waals surface area contributed by atoms with Crippen LogP contribution in [0.2, 0.25) is 0 Å². The first-order chi connectivity index (χ1) is 12.7. The van der Waals surface area contributed by atoms with Gasteiger partial charge in [0.25, 0.3) is 0 Å². The van der Waals surface area contributed by atoms with Crippen LogP contribution in [0, 0.1) is 6.92 Å². The van der Waals surface area contributed by atoms with Gasteiger partial charge in [-0.05, 0) is 42.3 Å². The number of anilines is 1. The lowest BCUT2D eigenvalue weighted by Gasteiger charge is -2.30. The highest BCUT2D eigenvalue weighted by Crippen LogP contribution is 2.22. The molecule has 6 nitrogen and oxygen atoms in total. The van der Waals surface area contributed by atoms with Crippen LogP contribution >= 0.6 is 11.3 Å². The number of ether oxygens (including phenoxy) is 1. The summed E-state index contributed by atoms with van der Waals surface area (Å²) < 4.78 is 5.40. The van der Waals surface area contributed by atoms with Gasteiger partial charge in [0, 0.05) is 37.1 Å². The van der Waals surface area contributed by atoms with Gasteiger partial charge in [0.1, 0.15) is 0 Å². The summed E-state index contributed by atoms with van der Waals surface area (Å²) in [6.45, 7) is 6.54. The maximum atomic E-state index is 12.7. The molecule has 0 N–H and O–H groups in total. The smallest absolute Gasteiger partial charge is 0.225 e. The highest BCUT2D eigenvalue weighted by atomic mass is 32.1. The number of aromatic nitrogens is 2. The van der Waals surface area contributed by atoms with Crippen LogP contribution in [0.25, 0.3) is 0 Å². The summed E-state index contributed by atoms with van der Waals surface area (Å²) in [6.07, 6.45) is 4.17. The summed E-state index contributed by atoms with van der Waals surface area (Å²) in [7, 11) is 0. The van der Waals surface area contributed by atoms with Crippen molar-refractivity contribution in [1.29, 1.82) is 0 Å². The molecule has 2 aliphatic heterocycles. The van der Waals surface area contributed by atoms with E-state index in [2.05, 4.69) is 28.3 Å². The Morgan fingerprint density at radius 1 is 1.31 bits per heavy atom. The van der Waals surface area contributed by atoms with Crippen molar-refractivity contribution in [3.8, 4) is 0 Å². The number of hydrogen-bond acceptors (Lipinski definition) is 6. The molecule has 2 aliphatic rings. The molecule has 2 aromatic rings. The molecule has 4 heterocycles. The van der Waals surface area contributed by atoms with E-state index in [1.807, 2.05) is 11.1 Å². The fourth-order valence-corrected chi connectivity index (χ4v) is 4.37. The minimum Gasteiger partial charge on any atom is -0.378 e. The normalized spacial score (nSPS) is 17.3. The molecule has 7 heteroatoms. The van der Waals surface area contributed by atoms with Crippen LogP contribution in [0.1, 0.15) is 28.1 Å². The Balaban J connectivity index is 1.41. The van der Waals surface area contributed by atoms with E-state index in [1.165, 1.54) is 16.0 Å². The first-order valence-corrected chi connectivity index (χ1v) is 10.1. The van der Waals surface area contributed by atoms with E-state index in [0.717, 1.165) is 44.1 Å². The Bertz CT molecular complexity index is 786. The van der Waals surface area contributed by atoms with Gasteiger partial charge in [-0.25, -0.2) is 9.97 Å². The molecular formula is C19H24N4O2S. The average Bonchev–Trinajstić information content (AvgIpc) is 3.10. The van der Waals surface area contributed by atoms with Crippen LogP contribution in [0.15, 0.2) is 17.6 Å². The first kappa shape index (κ1) is 17.4. The Morgan fingerprint density at radius 3 is 2.92 bits per heavy atom. The molecule has 0 atom stereocenters. The first-order valence-electron chi connectivity index (χ1n) is 9.19. The van der Waals surface area contributed by atoms with Crippen molar-refractivity contribution >= 4 is 23.2 Å². The largest absolute Gasteiger partial charge is 0.378 e. The monoisotopic (exact) mass is 372 g/mol. The van der Waals surface area contributed by atoms with Gasteiger partial charge in [0.05, 0.1) is 25.5 Å². The third-order valence-corrected chi connectivity index (χ3v) is 6.20. The maximum absolute atomic E-state index is 12.7. The molecule has 2 aromatic heterocycles. The average molecular weight is 372 g/mol. The minimum absolute atomic E-state index is 0.218. The van der Waals surface area contributed by atoms with Crippen LogP contribution < -0.4 is 4.90 Å². The van der Waals surface area contributed by atoms with E-state index in [4.69, 9.17) is 9.72 Å². The third-order valence-electron chi connectivity index (χ3n) is 5.11. The zero-order chi connectivity index (χ0) is 17.9. The van der Waals surface area contributed by atoms with Gasteiger partial charge in [0.15, 0.2) is 0 Å². The molecule has 0 saturated carbocycles. The minimum atomic E-state index is 0.218. The lowest BCUT2D eigenvalue weighted by molar-refractivity contribution is -0.132. The van der Waals surface area contributed by atoms with Crippen LogP contribution in [0.3, 0.4) is 0 Å². The van der Waals surface area contributed by atoms with Gasteiger partial charge in [-0.15, -0.1) is 11.3 Å². The van der Waals surface area contributed by atoms with Crippen molar-refractivity contribution in [1.82, 2.24) is 14.9 Å². The third kappa shape index (κ3) is 3.73. The number of rotatable bonds is 4. The molecule has 0 aliphatic carbocycles. The number of nitrogens with zero attached hydrogens (tertiary/aromatic N) is 4. The SMILES string of the molecule is Cc1ccsc1CCC(=O)N1CCc2cnc(N3CCOCC3)nc2C1. The molecule has 1 amide bonds. The van der Waals surface area contributed by atoms with E-state index in [9.17, 15) is 4.79 Å². The summed E-state index contributed by atoms with van der Waals surface area (Å²) in [5.41, 5.74) is 3.45. The van der Waals surface area contributed by atoms with Crippen LogP contribution in [-0.4, -0.2) is 53.6 Å². The summed E-state index contributed by atoms with van der Waals surface area (Å²) >= 11 is 1.74. The van der Waals surface area contributed by atoms with Crippen molar-refractivity contribution in [3.05, 3.63) is 39.3 Å². The second-order valence-electron chi connectivity index (χ2n) is 6.83. The lowest BCUT2D eigenvalue weighted by Crippen LogP contribution is -2.39.